The molecule has 1 atom stereocenters. The van der Waals surface area contributed by atoms with Crippen LogP contribution in [-0.2, 0) is 0 Å². The molecule has 160 valence electrons. The minimum atomic E-state index is -2.97. The quantitative estimate of drug-likeness (QED) is 0.486. The Hall–Kier alpha value is -3.83. The van der Waals surface area contributed by atoms with Crippen LogP contribution in [0.1, 0.15) is 36.3 Å². The van der Waals surface area contributed by atoms with Gasteiger partial charge in [0.1, 0.15) is 35.6 Å². The average molecular weight is 433 g/mol. The summed E-state index contributed by atoms with van der Waals surface area (Å²) in [4.78, 5) is 20.6. The first-order valence-electron chi connectivity index (χ1n) is 9.05. The highest BCUT2D eigenvalue weighted by Gasteiger charge is 2.22. The van der Waals surface area contributed by atoms with E-state index in [2.05, 4.69) is 25.5 Å². The number of halogens is 4. The van der Waals surface area contributed by atoms with Gasteiger partial charge >= 0.3 is 5.56 Å². The molecule has 3 aromatic heterocycles. The highest BCUT2D eigenvalue weighted by molar-refractivity contribution is 5.88. The lowest BCUT2D eigenvalue weighted by atomic mass is 10.0. The van der Waals surface area contributed by atoms with Gasteiger partial charge in [0.2, 0.25) is 5.82 Å². The Morgan fingerprint density at radius 1 is 1.03 bits per heavy atom. The van der Waals surface area contributed by atoms with Crippen molar-refractivity contribution in [1.82, 2.24) is 29.5 Å². The van der Waals surface area contributed by atoms with E-state index in [1.54, 1.807) is 6.92 Å². The molecule has 0 amide bonds. The molecule has 0 radical (unpaired) electrons. The molecule has 4 aromatic rings. The molecule has 3 heterocycles. The fraction of sp³-hybridized carbons (Fsp3) is 0.211. The van der Waals surface area contributed by atoms with Crippen LogP contribution in [0.4, 0.5) is 23.4 Å². The molecular weight excluding hydrogens is 418 g/mol. The van der Waals surface area contributed by atoms with Gasteiger partial charge in [-0.2, -0.15) is 4.39 Å². The average Bonchev–Trinajstić information content (AvgIpc) is 3.25. The zero-order valence-corrected chi connectivity index (χ0v) is 16.2. The zero-order valence-electron chi connectivity index (χ0n) is 16.2. The summed E-state index contributed by atoms with van der Waals surface area (Å²) >= 11 is 0. The van der Waals surface area contributed by atoms with Gasteiger partial charge in [0, 0.05) is 11.8 Å². The van der Waals surface area contributed by atoms with Crippen LogP contribution in [-0.4, -0.2) is 29.5 Å². The molecule has 31 heavy (non-hydrogen) atoms. The topological polar surface area (TPSA) is 90.5 Å². The van der Waals surface area contributed by atoms with Gasteiger partial charge in [-0.25, -0.2) is 32.5 Å². The van der Waals surface area contributed by atoms with E-state index in [9.17, 15) is 22.4 Å². The number of rotatable bonds is 5. The van der Waals surface area contributed by atoms with Gasteiger partial charge in [0.15, 0.2) is 0 Å². The molecule has 0 aliphatic heterocycles. The van der Waals surface area contributed by atoms with Crippen LogP contribution in [0.5, 0.6) is 0 Å². The van der Waals surface area contributed by atoms with Crippen molar-refractivity contribution in [2.45, 2.75) is 26.3 Å². The lowest BCUT2D eigenvalue weighted by Crippen LogP contribution is -2.28. The Morgan fingerprint density at radius 3 is 2.39 bits per heavy atom. The molecule has 1 N–H and O–H groups in total. The van der Waals surface area contributed by atoms with E-state index in [1.165, 1.54) is 37.9 Å². The number of anilines is 1. The number of nitrogens with one attached hydrogen (secondary N) is 1. The van der Waals surface area contributed by atoms with E-state index in [-0.39, 0.29) is 28.1 Å². The van der Waals surface area contributed by atoms with Crippen molar-refractivity contribution >= 4 is 16.7 Å². The Balaban J connectivity index is 1.85. The number of alkyl halides is 2. The Bertz CT molecular complexity index is 1320. The normalized spacial score (nSPS) is 12.5. The van der Waals surface area contributed by atoms with Crippen molar-refractivity contribution in [1.29, 1.82) is 0 Å². The van der Waals surface area contributed by atoms with Crippen LogP contribution < -0.4 is 10.9 Å². The van der Waals surface area contributed by atoms with Crippen molar-refractivity contribution in [3.63, 3.8) is 0 Å². The van der Waals surface area contributed by atoms with Gasteiger partial charge in [0.05, 0.1) is 17.0 Å². The van der Waals surface area contributed by atoms with Crippen LogP contribution in [0.3, 0.4) is 0 Å². The van der Waals surface area contributed by atoms with Gasteiger partial charge < -0.3 is 5.32 Å². The predicted octanol–water partition coefficient (Wildman–Crippen LogP) is 3.39. The van der Waals surface area contributed by atoms with Gasteiger partial charge in [-0.15, -0.1) is 10.2 Å². The molecule has 8 nitrogen and oxygen atoms in total. The molecule has 0 bridgehead atoms. The van der Waals surface area contributed by atoms with E-state index < -0.39 is 35.2 Å². The standard InChI is InChI=1S/C19H15F4N7O/c1-9(11-4-3-5-12(14(11)20)17(22)23)26-18-13-6-30(29-7-24-25-8-29)19(31)15(21)16(13)27-10(2)28-18/h3-9,17H,1-2H3,(H,26,27,28)/t9-/m1/s1. The molecule has 0 aliphatic carbocycles. The third-order valence-electron chi connectivity index (χ3n) is 4.68. The molecule has 12 heteroatoms. The maximum absolute atomic E-state index is 14.8. The summed E-state index contributed by atoms with van der Waals surface area (Å²) in [5.41, 5.74) is -1.96. The second-order valence-electron chi connectivity index (χ2n) is 6.73. The summed E-state index contributed by atoms with van der Waals surface area (Å²) in [6.07, 6.45) is 0.706. The van der Waals surface area contributed by atoms with E-state index in [0.717, 1.165) is 15.4 Å². The molecule has 1 aromatic carbocycles. The SMILES string of the molecule is Cc1nc(N[C@H](C)c2cccc(C(F)F)c2F)c2cn(-n3cnnc3)c(=O)c(F)c2n1. The first-order chi connectivity index (χ1) is 14.8. The fourth-order valence-corrected chi connectivity index (χ4v) is 3.20. The van der Waals surface area contributed by atoms with Crippen molar-refractivity contribution < 1.29 is 17.6 Å². The van der Waals surface area contributed by atoms with Gasteiger partial charge in [0.25, 0.3) is 6.43 Å². The van der Waals surface area contributed by atoms with Crippen LogP contribution in [0.15, 0.2) is 41.8 Å². The third-order valence-corrected chi connectivity index (χ3v) is 4.68. The van der Waals surface area contributed by atoms with Crippen molar-refractivity contribution in [2.75, 3.05) is 5.32 Å². The van der Waals surface area contributed by atoms with Gasteiger partial charge in [-0.05, 0) is 13.8 Å². The number of hydrogen-bond donors (Lipinski definition) is 1. The number of nitrogens with zero attached hydrogens (tertiary/aromatic N) is 6. The second-order valence-corrected chi connectivity index (χ2v) is 6.73. The van der Waals surface area contributed by atoms with E-state index in [0.29, 0.717) is 0 Å². The zero-order chi connectivity index (χ0) is 22.3. The highest BCUT2D eigenvalue weighted by Crippen LogP contribution is 2.30. The number of benzene rings is 1. The van der Waals surface area contributed by atoms with Crippen LogP contribution in [0.2, 0.25) is 0 Å². The van der Waals surface area contributed by atoms with Gasteiger partial charge in [-0.1, -0.05) is 18.2 Å². The molecule has 0 saturated heterocycles. The summed E-state index contributed by atoms with van der Waals surface area (Å²) < 4.78 is 57.6. The van der Waals surface area contributed by atoms with E-state index in [4.69, 9.17) is 0 Å². The fourth-order valence-electron chi connectivity index (χ4n) is 3.20. The minimum Gasteiger partial charge on any atom is -0.363 e. The number of aryl methyl sites for hydroxylation is 1. The monoisotopic (exact) mass is 433 g/mol. The number of fused-ring (bicyclic) bond motifs is 1. The summed E-state index contributed by atoms with van der Waals surface area (Å²) in [5, 5.41) is 10.2. The summed E-state index contributed by atoms with van der Waals surface area (Å²) in [7, 11) is 0. The molecular formula is C19H15F4N7O. The number of aromatic nitrogens is 6. The lowest BCUT2D eigenvalue weighted by Gasteiger charge is -2.19. The van der Waals surface area contributed by atoms with Crippen molar-refractivity contribution in [2.24, 2.45) is 0 Å². The second kappa shape index (κ2) is 7.78. The van der Waals surface area contributed by atoms with Crippen molar-refractivity contribution in [3.8, 4) is 0 Å². The summed E-state index contributed by atoms with van der Waals surface area (Å²) in [6.45, 7) is 3.04. The Morgan fingerprint density at radius 2 is 1.71 bits per heavy atom. The van der Waals surface area contributed by atoms with Crippen LogP contribution >= 0.6 is 0 Å². The molecule has 0 spiro atoms. The number of hydrogen-bond acceptors (Lipinski definition) is 6. The van der Waals surface area contributed by atoms with Gasteiger partial charge in [-0.3, -0.25) is 4.79 Å². The number of pyridine rings is 1. The summed E-state index contributed by atoms with van der Waals surface area (Å²) in [6, 6.07) is 2.89. The smallest absolute Gasteiger partial charge is 0.307 e. The maximum atomic E-state index is 14.8. The Kier molecular flexibility index (Phi) is 5.13. The summed E-state index contributed by atoms with van der Waals surface area (Å²) in [5.74, 6) is -1.92. The predicted molar refractivity (Wildman–Crippen MR) is 103 cm³/mol. The lowest BCUT2D eigenvalue weighted by molar-refractivity contribution is 0.146. The Labute approximate surface area is 172 Å². The van der Waals surface area contributed by atoms with Crippen molar-refractivity contribution in [3.05, 3.63) is 76.0 Å². The van der Waals surface area contributed by atoms with Crippen LogP contribution in [0.25, 0.3) is 10.9 Å². The minimum absolute atomic E-state index is 0.0187. The van der Waals surface area contributed by atoms with E-state index in [1.807, 2.05) is 0 Å². The molecule has 0 aliphatic rings. The first kappa shape index (κ1) is 20.4. The molecule has 4 rings (SSSR count). The maximum Gasteiger partial charge on any atom is 0.307 e. The van der Waals surface area contributed by atoms with Crippen LogP contribution in [0, 0.1) is 18.6 Å². The van der Waals surface area contributed by atoms with E-state index >= 15 is 0 Å². The largest absolute Gasteiger partial charge is 0.363 e. The molecule has 0 saturated carbocycles. The third kappa shape index (κ3) is 3.60. The highest BCUT2D eigenvalue weighted by atomic mass is 19.3. The molecule has 0 unspecified atom stereocenters. The first-order valence-corrected chi connectivity index (χ1v) is 9.05. The molecule has 0 fully saturated rings.